The van der Waals surface area contributed by atoms with Gasteiger partial charge >= 0.3 is 5.97 Å². The lowest BCUT2D eigenvalue weighted by molar-refractivity contribution is -0.145. The monoisotopic (exact) mass is 312 g/mol. The first-order chi connectivity index (χ1) is 8.63. The van der Waals surface area contributed by atoms with Crippen molar-refractivity contribution in [2.75, 3.05) is 13.7 Å². The van der Waals surface area contributed by atoms with E-state index in [2.05, 4.69) is 20.9 Å². The first-order valence-corrected chi connectivity index (χ1v) is 6.43. The van der Waals surface area contributed by atoms with Gasteiger partial charge in [-0.25, -0.2) is 9.78 Å². The Kier molecular flexibility index (Phi) is 3.96. The van der Waals surface area contributed by atoms with Gasteiger partial charge in [0.05, 0.1) is 7.11 Å². The number of methoxy groups -OCH3 is 1. The van der Waals surface area contributed by atoms with E-state index in [0.717, 1.165) is 10.9 Å². The lowest BCUT2D eigenvalue weighted by atomic mass is 10.2. The van der Waals surface area contributed by atoms with Crippen LogP contribution in [0.3, 0.4) is 0 Å². The number of amides is 1. The summed E-state index contributed by atoms with van der Waals surface area (Å²) in [6.45, 7) is 0.566. The van der Waals surface area contributed by atoms with Crippen LogP contribution in [0.15, 0.2) is 22.8 Å². The van der Waals surface area contributed by atoms with Crippen molar-refractivity contribution < 1.29 is 14.3 Å². The summed E-state index contributed by atoms with van der Waals surface area (Å²) in [5.74, 6) is -0.589. The van der Waals surface area contributed by atoms with Crippen molar-refractivity contribution in [3.05, 3.63) is 28.5 Å². The van der Waals surface area contributed by atoms with Crippen LogP contribution >= 0.6 is 15.9 Å². The maximum atomic E-state index is 12.2. The number of hydrogen-bond acceptors (Lipinski definition) is 4. The Bertz CT molecular complexity index is 461. The molecule has 1 aromatic rings. The van der Waals surface area contributed by atoms with E-state index in [1.54, 1.807) is 18.3 Å². The number of nitrogens with zero attached hydrogens (tertiary/aromatic N) is 2. The van der Waals surface area contributed by atoms with Crippen molar-refractivity contribution in [3.63, 3.8) is 0 Å². The second-order valence-electron chi connectivity index (χ2n) is 4.04. The normalized spacial score (nSPS) is 18.8. The van der Waals surface area contributed by atoms with Crippen molar-refractivity contribution in [1.29, 1.82) is 0 Å². The summed E-state index contributed by atoms with van der Waals surface area (Å²) in [6, 6.07) is 2.91. The number of aromatic nitrogens is 1. The number of halogens is 1. The second kappa shape index (κ2) is 5.48. The molecule has 0 aromatic carbocycles. The third-order valence-electron chi connectivity index (χ3n) is 2.93. The number of rotatable bonds is 2. The average molecular weight is 313 g/mol. The molecule has 2 heterocycles. The third-order valence-corrected chi connectivity index (χ3v) is 3.40. The van der Waals surface area contributed by atoms with Crippen LogP contribution in [0, 0.1) is 0 Å². The van der Waals surface area contributed by atoms with E-state index in [1.165, 1.54) is 12.0 Å². The van der Waals surface area contributed by atoms with Gasteiger partial charge in [0.2, 0.25) is 0 Å². The summed E-state index contributed by atoms with van der Waals surface area (Å²) in [5, 5.41) is 0. The van der Waals surface area contributed by atoms with Crippen LogP contribution in [0.2, 0.25) is 0 Å². The number of ether oxygens (including phenoxy) is 1. The van der Waals surface area contributed by atoms with Crippen LogP contribution in [-0.2, 0) is 9.53 Å². The molecule has 1 amide bonds. The van der Waals surface area contributed by atoms with E-state index in [0.29, 0.717) is 18.7 Å². The van der Waals surface area contributed by atoms with E-state index >= 15 is 0 Å². The standard InChI is InChI=1S/C12H13BrN2O3/c1-18-12(17)10-3-2-6-15(10)11(16)9-5-4-8(13)7-14-9/h4-5,7,10H,2-3,6H2,1H3/t10-/m0/s1. The molecule has 1 atom stereocenters. The van der Waals surface area contributed by atoms with Crippen LogP contribution in [0.5, 0.6) is 0 Å². The van der Waals surface area contributed by atoms with E-state index in [9.17, 15) is 9.59 Å². The van der Waals surface area contributed by atoms with Crippen LogP contribution < -0.4 is 0 Å². The molecule has 18 heavy (non-hydrogen) atoms. The van der Waals surface area contributed by atoms with Gasteiger partial charge in [0.25, 0.3) is 5.91 Å². The lowest BCUT2D eigenvalue weighted by Crippen LogP contribution is -2.41. The fourth-order valence-corrected chi connectivity index (χ4v) is 2.27. The number of likely N-dealkylation sites (tertiary alicyclic amines) is 1. The molecule has 1 aliphatic rings. The summed E-state index contributed by atoms with van der Waals surface area (Å²) < 4.78 is 5.52. The van der Waals surface area contributed by atoms with Crippen LogP contribution in [0.25, 0.3) is 0 Å². The van der Waals surface area contributed by atoms with Gasteiger partial charge in [-0.15, -0.1) is 0 Å². The topological polar surface area (TPSA) is 59.5 Å². The van der Waals surface area contributed by atoms with Crippen LogP contribution in [0.4, 0.5) is 0 Å². The molecule has 1 aromatic heterocycles. The molecule has 0 radical (unpaired) electrons. The highest BCUT2D eigenvalue weighted by atomic mass is 79.9. The highest BCUT2D eigenvalue weighted by molar-refractivity contribution is 9.10. The Balaban J connectivity index is 2.17. The zero-order chi connectivity index (χ0) is 13.1. The molecule has 2 rings (SSSR count). The fraction of sp³-hybridized carbons (Fsp3) is 0.417. The molecular formula is C12H13BrN2O3. The largest absolute Gasteiger partial charge is 0.467 e. The predicted molar refractivity (Wildman–Crippen MR) is 68.0 cm³/mol. The Labute approximate surface area is 113 Å². The van der Waals surface area contributed by atoms with E-state index < -0.39 is 6.04 Å². The Morgan fingerprint density at radius 3 is 2.89 bits per heavy atom. The van der Waals surface area contributed by atoms with Gasteiger partial charge in [-0.3, -0.25) is 4.79 Å². The summed E-state index contributed by atoms with van der Waals surface area (Å²) >= 11 is 3.26. The fourth-order valence-electron chi connectivity index (χ4n) is 2.04. The first kappa shape index (κ1) is 13.0. The molecule has 0 saturated carbocycles. The molecule has 6 heteroatoms. The number of carbonyl (C=O) groups excluding carboxylic acids is 2. The van der Waals surface area contributed by atoms with Crippen molar-refractivity contribution in [2.45, 2.75) is 18.9 Å². The van der Waals surface area contributed by atoms with Crippen molar-refractivity contribution in [3.8, 4) is 0 Å². The Morgan fingerprint density at radius 1 is 1.50 bits per heavy atom. The average Bonchev–Trinajstić information content (AvgIpc) is 2.87. The third kappa shape index (κ3) is 2.53. The summed E-state index contributed by atoms with van der Waals surface area (Å²) in [6.07, 6.45) is 3.02. The zero-order valence-corrected chi connectivity index (χ0v) is 11.5. The molecule has 0 spiro atoms. The van der Waals surface area contributed by atoms with Gasteiger partial charge in [0, 0.05) is 17.2 Å². The van der Waals surface area contributed by atoms with Gasteiger partial charge in [-0.05, 0) is 40.9 Å². The van der Waals surface area contributed by atoms with Crippen molar-refractivity contribution in [2.24, 2.45) is 0 Å². The summed E-state index contributed by atoms with van der Waals surface area (Å²) in [5.41, 5.74) is 0.342. The predicted octanol–water partition coefficient (Wildman–Crippen LogP) is 1.62. The molecule has 0 bridgehead atoms. The first-order valence-electron chi connectivity index (χ1n) is 5.64. The van der Waals surface area contributed by atoms with Gasteiger partial charge in [-0.2, -0.15) is 0 Å². The van der Waals surface area contributed by atoms with Crippen molar-refractivity contribution in [1.82, 2.24) is 9.88 Å². The molecule has 1 aliphatic heterocycles. The van der Waals surface area contributed by atoms with Gasteiger partial charge in [-0.1, -0.05) is 0 Å². The quantitative estimate of drug-likeness (QED) is 0.779. The maximum absolute atomic E-state index is 12.2. The van der Waals surface area contributed by atoms with Crippen LogP contribution in [-0.4, -0.2) is 41.5 Å². The Hall–Kier alpha value is -1.43. The molecule has 0 unspecified atom stereocenters. The molecular weight excluding hydrogens is 300 g/mol. The highest BCUT2D eigenvalue weighted by Gasteiger charge is 2.35. The number of carbonyl (C=O) groups is 2. The SMILES string of the molecule is COC(=O)[C@@H]1CCCN1C(=O)c1ccc(Br)cn1. The Morgan fingerprint density at radius 2 is 2.28 bits per heavy atom. The number of pyridine rings is 1. The summed E-state index contributed by atoms with van der Waals surface area (Å²) in [7, 11) is 1.33. The zero-order valence-electron chi connectivity index (χ0n) is 9.93. The molecule has 96 valence electrons. The number of hydrogen-bond donors (Lipinski definition) is 0. The van der Waals surface area contributed by atoms with Crippen LogP contribution in [0.1, 0.15) is 23.3 Å². The van der Waals surface area contributed by atoms with Crippen molar-refractivity contribution >= 4 is 27.8 Å². The summed E-state index contributed by atoms with van der Waals surface area (Å²) in [4.78, 5) is 29.4. The maximum Gasteiger partial charge on any atom is 0.328 e. The van der Waals surface area contributed by atoms with Gasteiger partial charge < -0.3 is 9.64 Å². The minimum absolute atomic E-state index is 0.226. The molecule has 0 aliphatic carbocycles. The minimum atomic E-state index is -0.479. The second-order valence-corrected chi connectivity index (χ2v) is 4.96. The highest BCUT2D eigenvalue weighted by Crippen LogP contribution is 2.21. The minimum Gasteiger partial charge on any atom is -0.467 e. The molecule has 1 saturated heterocycles. The molecule has 0 N–H and O–H groups in total. The van der Waals surface area contributed by atoms with E-state index in [1.807, 2.05) is 0 Å². The molecule has 5 nitrogen and oxygen atoms in total. The van der Waals surface area contributed by atoms with Gasteiger partial charge in [0.15, 0.2) is 0 Å². The van der Waals surface area contributed by atoms with E-state index in [4.69, 9.17) is 4.74 Å². The molecule has 1 fully saturated rings. The smallest absolute Gasteiger partial charge is 0.328 e. The van der Waals surface area contributed by atoms with E-state index in [-0.39, 0.29) is 11.9 Å². The van der Waals surface area contributed by atoms with Gasteiger partial charge in [0.1, 0.15) is 11.7 Å². The number of esters is 1. The lowest BCUT2D eigenvalue weighted by Gasteiger charge is -2.22.